The van der Waals surface area contributed by atoms with Crippen LogP contribution in [0.2, 0.25) is 0 Å². The average molecular weight is 417 g/mol. The molecule has 2 aliphatic rings. The van der Waals surface area contributed by atoms with E-state index in [1.165, 1.54) is 51.7 Å². The van der Waals surface area contributed by atoms with Crippen molar-refractivity contribution in [3.05, 3.63) is 23.8 Å². The Kier molecular flexibility index (Phi) is 9.12. The quantitative estimate of drug-likeness (QED) is 0.474. The number of para-hydroxylation sites is 1. The van der Waals surface area contributed by atoms with Gasteiger partial charge in [0, 0.05) is 25.7 Å². The molecule has 0 bridgehead atoms. The van der Waals surface area contributed by atoms with Crippen LogP contribution in [0.5, 0.6) is 11.5 Å². The van der Waals surface area contributed by atoms with Gasteiger partial charge < -0.3 is 25.0 Å². The number of piperidine rings is 1. The van der Waals surface area contributed by atoms with Crippen molar-refractivity contribution in [2.24, 2.45) is 10.9 Å². The van der Waals surface area contributed by atoms with Crippen LogP contribution in [0.3, 0.4) is 0 Å². The fraction of sp³-hybridized carbons (Fsp3) is 0.708. The van der Waals surface area contributed by atoms with Gasteiger partial charge in [0.25, 0.3) is 0 Å². The van der Waals surface area contributed by atoms with E-state index in [0.29, 0.717) is 12.6 Å². The smallest absolute Gasteiger partial charge is 0.191 e. The number of guanidine groups is 1. The van der Waals surface area contributed by atoms with Gasteiger partial charge in [0.15, 0.2) is 17.5 Å². The summed E-state index contributed by atoms with van der Waals surface area (Å²) >= 11 is 0. The number of methoxy groups -OCH3 is 1. The van der Waals surface area contributed by atoms with E-state index in [0.717, 1.165) is 48.3 Å². The van der Waals surface area contributed by atoms with E-state index in [2.05, 4.69) is 33.5 Å². The van der Waals surface area contributed by atoms with Crippen LogP contribution in [0.15, 0.2) is 23.2 Å². The van der Waals surface area contributed by atoms with Crippen LogP contribution in [0, 0.1) is 5.92 Å². The molecule has 0 radical (unpaired) electrons. The van der Waals surface area contributed by atoms with Gasteiger partial charge in [0.2, 0.25) is 0 Å². The number of rotatable bonds is 9. The minimum absolute atomic E-state index is 0.302. The molecule has 1 heterocycles. The van der Waals surface area contributed by atoms with Gasteiger partial charge in [-0.15, -0.1) is 0 Å². The third-order valence-corrected chi connectivity index (χ3v) is 6.54. The first-order valence-corrected chi connectivity index (χ1v) is 11.7. The van der Waals surface area contributed by atoms with Gasteiger partial charge >= 0.3 is 0 Å². The zero-order chi connectivity index (χ0) is 21.2. The van der Waals surface area contributed by atoms with E-state index < -0.39 is 0 Å². The summed E-state index contributed by atoms with van der Waals surface area (Å²) in [7, 11) is 3.54. The SMILES string of the molecule is CCN1CCC(CCNC(=NC)NCc2cccc(OC)c2OC2CCCC2)CC1. The maximum absolute atomic E-state index is 6.34. The molecular weight excluding hydrogens is 376 g/mol. The summed E-state index contributed by atoms with van der Waals surface area (Å²) in [6.45, 7) is 7.54. The maximum Gasteiger partial charge on any atom is 0.191 e. The molecule has 2 N–H and O–H groups in total. The fourth-order valence-corrected chi connectivity index (χ4v) is 4.55. The van der Waals surface area contributed by atoms with Crippen LogP contribution >= 0.6 is 0 Å². The molecule has 0 unspecified atom stereocenters. The minimum Gasteiger partial charge on any atom is -0.493 e. The molecule has 1 aliphatic carbocycles. The van der Waals surface area contributed by atoms with Gasteiger partial charge in [-0.3, -0.25) is 4.99 Å². The molecule has 6 nitrogen and oxygen atoms in total. The molecule has 1 aromatic carbocycles. The number of likely N-dealkylation sites (tertiary alicyclic amines) is 1. The monoisotopic (exact) mass is 416 g/mol. The topological polar surface area (TPSA) is 58.1 Å². The van der Waals surface area contributed by atoms with Gasteiger partial charge in [0.05, 0.1) is 13.2 Å². The van der Waals surface area contributed by atoms with Crippen molar-refractivity contribution in [3.63, 3.8) is 0 Å². The third-order valence-electron chi connectivity index (χ3n) is 6.54. The van der Waals surface area contributed by atoms with Gasteiger partial charge in [-0.2, -0.15) is 0 Å². The first kappa shape index (κ1) is 22.7. The fourth-order valence-electron chi connectivity index (χ4n) is 4.55. The summed E-state index contributed by atoms with van der Waals surface area (Å²) < 4.78 is 11.9. The van der Waals surface area contributed by atoms with E-state index in [1.54, 1.807) is 7.11 Å². The molecule has 1 aliphatic heterocycles. The van der Waals surface area contributed by atoms with Gasteiger partial charge in [-0.1, -0.05) is 19.1 Å². The Balaban J connectivity index is 1.48. The zero-order valence-electron chi connectivity index (χ0n) is 19.1. The Morgan fingerprint density at radius 3 is 2.57 bits per heavy atom. The lowest BCUT2D eigenvalue weighted by molar-refractivity contribution is 0.187. The lowest BCUT2D eigenvalue weighted by Crippen LogP contribution is -2.39. The van der Waals surface area contributed by atoms with Crippen molar-refractivity contribution in [2.45, 2.75) is 64.5 Å². The van der Waals surface area contributed by atoms with E-state index in [9.17, 15) is 0 Å². The van der Waals surface area contributed by atoms with Crippen molar-refractivity contribution in [1.82, 2.24) is 15.5 Å². The first-order valence-electron chi connectivity index (χ1n) is 11.7. The van der Waals surface area contributed by atoms with E-state index in [4.69, 9.17) is 9.47 Å². The normalized spacial score (nSPS) is 19.1. The summed E-state index contributed by atoms with van der Waals surface area (Å²) in [6, 6.07) is 6.11. The van der Waals surface area contributed by atoms with Crippen LogP contribution in [-0.4, -0.2) is 57.3 Å². The molecule has 1 saturated heterocycles. The molecule has 2 fully saturated rings. The summed E-state index contributed by atoms with van der Waals surface area (Å²) in [4.78, 5) is 6.95. The minimum atomic E-state index is 0.302. The molecule has 168 valence electrons. The van der Waals surface area contributed by atoms with Crippen molar-refractivity contribution in [3.8, 4) is 11.5 Å². The number of nitrogens with zero attached hydrogens (tertiary/aromatic N) is 2. The molecule has 0 atom stereocenters. The summed E-state index contributed by atoms with van der Waals surface area (Å²) in [6.07, 6.45) is 8.89. The van der Waals surface area contributed by atoms with Gasteiger partial charge in [0.1, 0.15) is 0 Å². The largest absolute Gasteiger partial charge is 0.493 e. The van der Waals surface area contributed by atoms with Crippen LogP contribution in [0.4, 0.5) is 0 Å². The van der Waals surface area contributed by atoms with E-state index in [1.807, 2.05) is 19.2 Å². The maximum atomic E-state index is 6.34. The number of benzene rings is 1. The first-order chi connectivity index (χ1) is 14.7. The lowest BCUT2D eigenvalue weighted by Gasteiger charge is -2.31. The zero-order valence-corrected chi connectivity index (χ0v) is 19.1. The number of aliphatic imine (C=N–C) groups is 1. The molecule has 0 spiro atoms. The van der Waals surface area contributed by atoms with Crippen molar-refractivity contribution < 1.29 is 9.47 Å². The van der Waals surface area contributed by atoms with Gasteiger partial charge in [-0.25, -0.2) is 0 Å². The lowest BCUT2D eigenvalue weighted by atomic mass is 9.93. The number of nitrogens with one attached hydrogen (secondary N) is 2. The van der Waals surface area contributed by atoms with Crippen LogP contribution in [-0.2, 0) is 6.54 Å². The molecule has 0 aromatic heterocycles. The Morgan fingerprint density at radius 1 is 1.13 bits per heavy atom. The molecule has 1 aromatic rings. The van der Waals surface area contributed by atoms with Crippen molar-refractivity contribution in [1.29, 1.82) is 0 Å². The third kappa shape index (κ3) is 6.53. The second kappa shape index (κ2) is 12.0. The second-order valence-corrected chi connectivity index (χ2v) is 8.49. The predicted molar refractivity (Wildman–Crippen MR) is 124 cm³/mol. The highest BCUT2D eigenvalue weighted by molar-refractivity contribution is 5.79. The molecule has 1 saturated carbocycles. The number of hydrogen-bond acceptors (Lipinski definition) is 4. The molecule has 3 rings (SSSR count). The average Bonchev–Trinajstić information content (AvgIpc) is 3.30. The van der Waals surface area contributed by atoms with Crippen molar-refractivity contribution >= 4 is 5.96 Å². The van der Waals surface area contributed by atoms with E-state index in [-0.39, 0.29) is 0 Å². The standard InChI is InChI=1S/C24H40N4O2/c1-4-28-16-13-19(14-17-28)12-15-26-24(25-2)27-18-20-8-7-11-22(29-3)23(20)30-21-9-5-6-10-21/h7-8,11,19,21H,4-6,9-10,12-18H2,1-3H3,(H2,25,26,27). The Hall–Kier alpha value is -1.95. The highest BCUT2D eigenvalue weighted by Crippen LogP contribution is 2.34. The second-order valence-electron chi connectivity index (χ2n) is 8.49. The highest BCUT2D eigenvalue weighted by atomic mass is 16.5. The summed E-state index contributed by atoms with van der Waals surface area (Å²) in [5.74, 6) is 3.35. The molecule has 30 heavy (non-hydrogen) atoms. The summed E-state index contributed by atoms with van der Waals surface area (Å²) in [5, 5.41) is 6.94. The van der Waals surface area contributed by atoms with Crippen molar-refractivity contribution in [2.75, 3.05) is 40.3 Å². The summed E-state index contributed by atoms with van der Waals surface area (Å²) in [5.41, 5.74) is 1.11. The Bertz CT molecular complexity index is 665. The Labute approximate surface area is 182 Å². The van der Waals surface area contributed by atoms with E-state index >= 15 is 0 Å². The molecular formula is C24H40N4O2. The van der Waals surface area contributed by atoms with Gasteiger partial charge in [-0.05, 0) is 76.6 Å². The molecule has 0 amide bonds. The molecule has 6 heteroatoms. The Morgan fingerprint density at radius 2 is 1.90 bits per heavy atom. The highest BCUT2D eigenvalue weighted by Gasteiger charge is 2.21. The van der Waals surface area contributed by atoms with Crippen LogP contribution in [0.1, 0.15) is 57.4 Å². The van der Waals surface area contributed by atoms with Crippen LogP contribution in [0.25, 0.3) is 0 Å². The number of ether oxygens (including phenoxy) is 2. The van der Waals surface area contributed by atoms with Crippen LogP contribution < -0.4 is 20.1 Å². The number of hydrogen-bond donors (Lipinski definition) is 2. The predicted octanol–water partition coefficient (Wildman–Crippen LogP) is 3.80.